The van der Waals surface area contributed by atoms with Crippen LogP contribution in [0.2, 0.25) is 0 Å². The Morgan fingerprint density at radius 3 is 3.24 bits per heavy atom. The lowest BCUT2D eigenvalue weighted by Gasteiger charge is -2.29. The minimum absolute atomic E-state index is 0.227. The molecule has 1 saturated heterocycles. The fraction of sp³-hybridized carbons (Fsp3) is 0.500. The van der Waals surface area contributed by atoms with Gasteiger partial charge in [-0.3, -0.25) is 5.10 Å². The number of piperidine rings is 1. The predicted molar refractivity (Wildman–Crippen MR) is 66.9 cm³/mol. The first kappa shape index (κ1) is 10.7. The second kappa shape index (κ2) is 4.42. The number of aromatic nitrogens is 4. The first-order chi connectivity index (χ1) is 8.33. The largest absolute Gasteiger partial charge is 0.338 e. The van der Waals surface area contributed by atoms with Crippen LogP contribution in [0.3, 0.4) is 0 Å². The van der Waals surface area contributed by atoms with Gasteiger partial charge in [0, 0.05) is 24.5 Å². The smallest absolute Gasteiger partial charge is 0.245 e. The van der Waals surface area contributed by atoms with Crippen molar-refractivity contribution in [1.29, 1.82) is 0 Å². The Hall–Kier alpha value is -1.47. The van der Waals surface area contributed by atoms with Crippen molar-refractivity contribution in [2.45, 2.75) is 18.9 Å². The van der Waals surface area contributed by atoms with E-state index in [0.717, 1.165) is 43.4 Å². The van der Waals surface area contributed by atoms with Crippen molar-refractivity contribution in [1.82, 2.24) is 20.2 Å². The minimum Gasteiger partial charge on any atom is -0.338 e. The average Bonchev–Trinajstić information content (AvgIpc) is 3.00. The Morgan fingerprint density at radius 2 is 2.47 bits per heavy atom. The Labute approximate surface area is 103 Å². The van der Waals surface area contributed by atoms with Crippen molar-refractivity contribution in [2.24, 2.45) is 5.73 Å². The molecule has 0 bridgehead atoms. The molecular weight excluding hydrogens is 236 g/mol. The highest BCUT2D eigenvalue weighted by molar-refractivity contribution is 7.07. The SMILES string of the molecule is NC1CCCN(c2n[nH]c(-c3cscn3)n2)C1. The molecule has 3 rings (SSSR count). The van der Waals surface area contributed by atoms with E-state index in [2.05, 4.69) is 25.1 Å². The first-order valence-corrected chi connectivity index (χ1v) is 6.59. The van der Waals surface area contributed by atoms with E-state index in [9.17, 15) is 0 Å². The van der Waals surface area contributed by atoms with E-state index < -0.39 is 0 Å². The van der Waals surface area contributed by atoms with Gasteiger partial charge in [0.25, 0.3) is 0 Å². The van der Waals surface area contributed by atoms with Crippen molar-refractivity contribution < 1.29 is 0 Å². The summed E-state index contributed by atoms with van der Waals surface area (Å²) in [6.45, 7) is 1.80. The highest BCUT2D eigenvalue weighted by Gasteiger charge is 2.20. The number of aromatic amines is 1. The highest BCUT2D eigenvalue weighted by atomic mass is 32.1. The molecule has 0 saturated carbocycles. The maximum absolute atomic E-state index is 5.95. The molecule has 6 nitrogen and oxygen atoms in total. The number of rotatable bonds is 2. The molecule has 1 unspecified atom stereocenters. The molecule has 0 aromatic carbocycles. The van der Waals surface area contributed by atoms with Crippen LogP contribution in [-0.4, -0.2) is 39.3 Å². The van der Waals surface area contributed by atoms with Crippen molar-refractivity contribution in [3.8, 4) is 11.5 Å². The summed E-state index contributed by atoms with van der Waals surface area (Å²) in [7, 11) is 0. The van der Waals surface area contributed by atoms with E-state index in [0.29, 0.717) is 0 Å². The summed E-state index contributed by atoms with van der Waals surface area (Å²) < 4.78 is 0. The van der Waals surface area contributed by atoms with Gasteiger partial charge in [-0.15, -0.1) is 16.4 Å². The van der Waals surface area contributed by atoms with E-state index >= 15 is 0 Å². The van der Waals surface area contributed by atoms with Crippen LogP contribution in [0.4, 0.5) is 5.95 Å². The maximum atomic E-state index is 5.95. The molecule has 1 fully saturated rings. The van der Waals surface area contributed by atoms with Gasteiger partial charge >= 0.3 is 0 Å². The van der Waals surface area contributed by atoms with Gasteiger partial charge in [0.15, 0.2) is 5.82 Å². The number of nitrogens with zero attached hydrogens (tertiary/aromatic N) is 4. The van der Waals surface area contributed by atoms with Gasteiger partial charge in [0.2, 0.25) is 5.95 Å². The topological polar surface area (TPSA) is 83.7 Å². The zero-order chi connectivity index (χ0) is 11.7. The van der Waals surface area contributed by atoms with Gasteiger partial charge in [-0.1, -0.05) is 0 Å². The van der Waals surface area contributed by atoms with Gasteiger partial charge in [-0.05, 0) is 12.8 Å². The molecule has 90 valence electrons. The number of anilines is 1. The Bertz CT molecular complexity index is 479. The fourth-order valence-corrected chi connectivity index (χ4v) is 2.57. The van der Waals surface area contributed by atoms with Crippen molar-refractivity contribution in [2.75, 3.05) is 18.0 Å². The molecule has 2 aromatic rings. The molecule has 0 spiro atoms. The zero-order valence-corrected chi connectivity index (χ0v) is 10.2. The van der Waals surface area contributed by atoms with Gasteiger partial charge in [0.05, 0.1) is 5.51 Å². The summed E-state index contributed by atoms with van der Waals surface area (Å²) in [5.74, 6) is 1.45. The molecule has 1 aliphatic rings. The average molecular weight is 250 g/mol. The van der Waals surface area contributed by atoms with Gasteiger partial charge < -0.3 is 10.6 Å². The lowest BCUT2D eigenvalue weighted by atomic mass is 10.1. The third kappa shape index (κ3) is 2.16. The second-order valence-corrected chi connectivity index (χ2v) is 4.92. The Morgan fingerprint density at radius 1 is 1.53 bits per heavy atom. The van der Waals surface area contributed by atoms with E-state index in [-0.39, 0.29) is 6.04 Å². The highest BCUT2D eigenvalue weighted by Crippen LogP contribution is 2.19. The van der Waals surface area contributed by atoms with Crippen LogP contribution >= 0.6 is 11.3 Å². The first-order valence-electron chi connectivity index (χ1n) is 5.64. The van der Waals surface area contributed by atoms with E-state index in [1.807, 2.05) is 5.38 Å². The van der Waals surface area contributed by atoms with Gasteiger partial charge in [-0.2, -0.15) is 4.98 Å². The number of nitrogens with one attached hydrogen (secondary N) is 1. The van der Waals surface area contributed by atoms with Crippen LogP contribution in [0.25, 0.3) is 11.5 Å². The number of H-pyrrole nitrogens is 1. The third-order valence-electron chi connectivity index (χ3n) is 2.89. The summed E-state index contributed by atoms with van der Waals surface area (Å²) >= 11 is 1.55. The maximum Gasteiger partial charge on any atom is 0.245 e. The third-order valence-corrected chi connectivity index (χ3v) is 3.48. The van der Waals surface area contributed by atoms with Gasteiger partial charge in [-0.25, -0.2) is 4.98 Å². The van der Waals surface area contributed by atoms with E-state index in [1.54, 1.807) is 16.8 Å². The molecule has 2 aromatic heterocycles. The van der Waals surface area contributed by atoms with Crippen LogP contribution in [0, 0.1) is 0 Å². The lowest BCUT2D eigenvalue weighted by molar-refractivity contribution is 0.500. The van der Waals surface area contributed by atoms with Crippen LogP contribution < -0.4 is 10.6 Å². The number of hydrogen-bond donors (Lipinski definition) is 2. The Balaban J connectivity index is 1.80. The normalized spacial score (nSPS) is 20.8. The summed E-state index contributed by atoms with van der Waals surface area (Å²) in [4.78, 5) is 10.8. The van der Waals surface area contributed by atoms with Crippen molar-refractivity contribution in [3.05, 3.63) is 10.9 Å². The van der Waals surface area contributed by atoms with Crippen LogP contribution in [-0.2, 0) is 0 Å². The molecule has 1 aliphatic heterocycles. The van der Waals surface area contributed by atoms with E-state index in [1.165, 1.54) is 0 Å². The molecule has 3 N–H and O–H groups in total. The summed E-state index contributed by atoms with van der Waals surface area (Å²) in [5.41, 5.74) is 8.57. The predicted octanol–water partition coefficient (Wildman–Crippen LogP) is 0.856. The van der Waals surface area contributed by atoms with Crippen LogP contribution in [0.1, 0.15) is 12.8 Å². The molecule has 17 heavy (non-hydrogen) atoms. The van der Waals surface area contributed by atoms with Crippen molar-refractivity contribution >= 4 is 17.3 Å². The monoisotopic (exact) mass is 250 g/mol. The number of hydrogen-bond acceptors (Lipinski definition) is 6. The molecule has 3 heterocycles. The second-order valence-electron chi connectivity index (χ2n) is 4.21. The molecule has 0 amide bonds. The van der Waals surface area contributed by atoms with Crippen molar-refractivity contribution in [3.63, 3.8) is 0 Å². The lowest BCUT2D eigenvalue weighted by Crippen LogP contribution is -2.43. The molecule has 0 aliphatic carbocycles. The van der Waals surface area contributed by atoms with Crippen LogP contribution in [0.15, 0.2) is 10.9 Å². The molecule has 7 heteroatoms. The summed E-state index contributed by atoms with van der Waals surface area (Å²) in [6, 6.07) is 0.227. The molecule has 1 atom stereocenters. The molecule has 0 radical (unpaired) electrons. The zero-order valence-electron chi connectivity index (χ0n) is 9.33. The van der Waals surface area contributed by atoms with E-state index in [4.69, 9.17) is 5.73 Å². The fourth-order valence-electron chi connectivity index (χ4n) is 2.03. The Kier molecular flexibility index (Phi) is 2.77. The number of thiazole rings is 1. The standard InChI is InChI=1S/C10H14N6S/c11-7-2-1-3-16(4-7)10-13-9(14-15-10)8-5-17-6-12-8/h5-7H,1-4,11H2,(H,13,14,15). The molecular formula is C10H14N6S. The van der Waals surface area contributed by atoms with Gasteiger partial charge in [0.1, 0.15) is 5.69 Å². The quantitative estimate of drug-likeness (QED) is 0.825. The minimum atomic E-state index is 0.227. The summed E-state index contributed by atoms with van der Waals surface area (Å²) in [5, 5.41) is 9.10. The van der Waals surface area contributed by atoms with Crippen LogP contribution in [0.5, 0.6) is 0 Å². The summed E-state index contributed by atoms with van der Waals surface area (Å²) in [6.07, 6.45) is 2.18. The number of nitrogens with two attached hydrogens (primary N) is 1.